The number of benzene rings is 2. The SMILES string of the molecule is CN(C)C/C=C/C(=O)N1CC[C@@H](N=C(N)c2c(N)ncnc2Oc2ccc(Oc3ccccc3)cc2)C1. The molecule has 2 aromatic carbocycles. The number of anilines is 1. The molecule has 192 valence electrons. The lowest BCUT2D eigenvalue weighted by molar-refractivity contribution is -0.125. The van der Waals surface area contributed by atoms with Gasteiger partial charge in [0, 0.05) is 25.7 Å². The zero-order chi connectivity index (χ0) is 26.2. The van der Waals surface area contributed by atoms with E-state index in [1.165, 1.54) is 6.33 Å². The number of nitrogen functional groups attached to an aromatic ring is 1. The lowest BCUT2D eigenvalue weighted by Crippen LogP contribution is -2.28. The number of hydrogen-bond acceptors (Lipinski definition) is 8. The largest absolute Gasteiger partial charge is 0.457 e. The number of carbonyl (C=O) groups is 1. The van der Waals surface area contributed by atoms with Crippen LogP contribution in [0, 0.1) is 0 Å². The third-order valence-electron chi connectivity index (χ3n) is 5.64. The molecule has 1 aliphatic rings. The van der Waals surface area contributed by atoms with Crippen LogP contribution in [0.1, 0.15) is 12.0 Å². The number of rotatable bonds is 9. The Hall–Kier alpha value is -4.44. The molecule has 2 heterocycles. The van der Waals surface area contributed by atoms with Gasteiger partial charge >= 0.3 is 0 Å². The minimum atomic E-state index is -0.159. The van der Waals surface area contributed by atoms with Crippen LogP contribution in [0.2, 0.25) is 0 Å². The molecule has 1 aromatic heterocycles. The van der Waals surface area contributed by atoms with Crippen molar-refractivity contribution in [2.24, 2.45) is 10.7 Å². The Bertz CT molecular complexity index is 1260. The van der Waals surface area contributed by atoms with Crippen molar-refractivity contribution in [2.75, 3.05) is 39.5 Å². The number of aliphatic imine (C=N–C) groups is 1. The smallest absolute Gasteiger partial charge is 0.246 e. The highest BCUT2D eigenvalue weighted by atomic mass is 16.5. The van der Waals surface area contributed by atoms with Gasteiger partial charge in [0.25, 0.3) is 0 Å². The van der Waals surface area contributed by atoms with Crippen molar-refractivity contribution in [3.8, 4) is 23.1 Å². The van der Waals surface area contributed by atoms with Gasteiger partial charge in [-0.1, -0.05) is 24.3 Å². The number of aromatic nitrogens is 2. The molecule has 10 nitrogen and oxygen atoms in total. The van der Waals surface area contributed by atoms with Crippen molar-refractivity contribution < 1.29 is 14.3 Å². The molecule has 1 amide bonds. The summed E-state index contributed by atoms with van der Waals surface area (Å²) in [5, 5.41) is 0. The minimum Gasteiger partial charge on any atom is -0.457 e. The highest BCUT2D eigenvalue weighted by Crippen LogP contribution is 2.29. The average molecular weight is 502 g/mol. The molecule has 0 radical (unpaired) electrons. The molecule has 10 heteroatoms. The van der Waals surface area contributed by atoms with Gasteiger partial charge in [0.05, 0.1) is 6.04 Å². The summed E-state index contributed by atoms with van der Waals surface area (Å²) < 4.78 is 11.8. The van der Waals surface area contributed by atoms with Gasteiger partial charge in [-0.05, 0) is 56.9 Å². The molecule has 0 aliphatic carbocycles. The summed E-state index contributed by atoms with van der Waals surface area (Å²) >= 11 is 0. The standard InChI is InChI=1S/C27H31N7O3/c1-33(2)15-6-9-23(35)34-16-14-19(17-34)32-26(29)24-25(28)30-18-31-27(24)37-22-12-10-21(11-13-22)36-20-7-4-3-5-8-20/h3-13,18-19H,14-17H2,1-2H3,(H2,29,32)(H2,28,30,31)/b9-6+/t19-/m1/s1. The molecular weight excluding hydrogens is 470 g/mol. The lowest BCUT2D eigenvalue weighted by Gasteiger charge is -2.14. The van der Waals surface area contributed by atoms with E-state index in [-0.39, 0.29) is 29.5 Å². The van der Waals surface area contributed by atoms with Gasteiger partial charge in [0.1, 0.15) is 40.8 Å². The van der Waals surface area contributed by atoms with Gasteiger partial charge in [0.15, 0.2) is 0 Å². The number of carbonyl (C=O) groups excluding carboxylic acids is 1. The molecule has 1 atom stereocenters. The van der Waals surface area contributed by atoms with Crippen LogP contribution in [0.15, 0.2) is 78.1 Å². The number of likely N-dealkylation sites (tertiary alicyclic amines) is 1. The van der Waals surface area contributed by atoms with Crippen molar-refractivity contribution in [1.29, 1.82) is 0 Å². The first-order chi connectivity index (χ1) is 17.9. The van der Waals surface area contributed by atoms with Gasteiger partial charge in [0.2, 0.25) is 11.8 Å². The van der Waals surface area contributed by atoms with Crippen LogP contribution in [0.25, 0.3) is 0 Å². The number of para-hydroxylation sites is 1. The van der Waals surface area contributed by atoms with Crippen molar-refractivity contribution >= 4 is 17.6 Å². The van der Waals surface area contributed by atoms with E-state index < -0.39 is 0 Å². The fourth-order valence-corrected chi connectivity index (χ4v) is 3.79. The Morgan fingerprint density at radius 2 is 1.76 bits per heavy atom. The first-order valence-corrected chi connectivity index (χ1v) is 11.9. The predicted octanol–water partition coefficient (Wildman–Crippen LogP) is 3.07. The number of likely N-dealkylation sites (N-methyl/N-ethyl adjacent to an activating group) is 1. The predicted molar refractivity (Wildman–Crippen MR) is 143 cm³/mol. The topological polar surface area (TPSA) is 132 Å². The Balaban J connectivity index is 1.43. The quantitative estimate of drug-likeness (QED) is 0.260. The van der Waals surface area contributed by atoms with Crippen molar-refractivity contribution in [2.45, 2.75) is 12.5 Å². The summed E-state index contributed by atoms with van der Waals surface area (Å²) in [5.41, 5.74) is 12.8. The number of ether oxygens (including phenoxy) is 2. The minimum absolute atomic E-state index is 0.0376. The number of amidine groups is 1. The Labute approximate surface area is 216 Å². The van der Waals surface area contributed by atoms with Gasteiger partial charge in [-0.3, -0.25) is 9.79 Å². The third-order valence-corrected chi connectivity index (χ3v) is 5.64. The van der Waals surface area contributed by atoms with Crippen molar-refractivity contribution in [3.05, 3.63) is 78.6 Å². The Morgan fingerprint density at radius 3 is 2.46 bits per heavy atom. The maximum atomic E-state index is 12.4. The van der Waals surface area contributed by atoms with Crippen LogP contribution in [0.3, 0.4) is 0 Å². The summed E-state index contributed by atoms with van der Waals surface area (Å²) in [7, 11) is 3.90. The van der Waals surface area contributed by atoms with Crippen LogP contribution < -0.4 is 20.9 Å². The number of nitrogens with two attached hydrogens (primary N) is 2. The molecule has 37 heavy (non-hydrogen) atoms. The summed E-state index contributed by atoms with van der Waals surface area (Å²) in [6, 6.07) is 16.4. The lowest BCUT2D eigenvalue weighted by atomic mass is 10.2. The van der Waals surface area contributed by atoms with Gasteiger partial charge in [-0.2, -0.15) is 0 Å². The normalized spacial score (nSPS) is 15.9. The molecule has 0 spiro atoms. The summed E-state index contributed by atoms with van der Waals surface area (Å²) in [5.74, 6) is 2.41. The van der Waals surface area contributed by atoms with E-state index in [1.807, 2.05) is 55.4 Å². The third kappa shape index (κ3) is 7.05. The summed E-state index contributed by atoms with van der Waals surface area (Å²) in [4.78, 5) is 29.1. The molecule has 4 N–H and O–H groups in total. The Kier molecular flexibility index (Phi) is 8.32. The average Bonchev–Trinajstić information content (AvgIpc) is 3.34. The van der Waals surface area contributed by atoms with E-state index in [2.05, 4.69) is 15.0 Å². The first-order valence-electron chi connectivity index (χ1n) is 11.9. The fourth-order valence-electron chi connectivity index (χ4n) is 3.79. The molecule has 0 saturated carbocycles. The van der Waals surface area contributed by atoms with Gasteiger partial charge < -0.3 is 30.7 Å². The van der Waals surface area contributed by atoms with Crippen LogP contribution in [-0.4, -0.2) is 71.3 Å². The fraction of sp³-hybridized carbons (Fsp3) is 0.259. The van der Waals surface area contributed by atoms with Crippen LogP contribution in [0.4, 0.5) is 5.82 Å². The van der Waals surface area contributed by atoms with E-state index in [1.54, 1.807) is 35.2 Å². The number of amides is 1. The zero-order valence-corrected chi connectivity index (χ0v) is 20.9. The van der Waals surface area contributed by atoms with Gasteiger partial charge in [-0.15, -0.1) is 0 Å². The maximum absolute atomic E-state index is 12.4. The molecular formula is C27H31N7O3. The van der Waals surface area contributed by atoms with Crippen LogP contribution >= 0.6 is 0 Å². The molecule has 0 bridgehead atoms. The van der Waals surface area contributed by atoms with E-state index in [4.69, 9.17) is 20.9 Å². The highest BCUT2D eigenvalue weighted by Gasteiger charge is 2.26. The second-order valence-corrected chi connectivity index (χ2v) is 8.83. The highest BCUT2D eigenvalue weighted by molar-refractivity contribution is 6.03. The molecule has 3 aromatic rings. The monoisotopic (exact) mass is 501 g/mol. The molecule has 1 fully saturated rings. The van der Waals surface area contributed by atoms with Gasteiger partial charge in [-0.25, -0.2) is 9.97 Å². The molecule has 1 saturated heterocycles. The van der Waals surface area contributed by atoms with Crippen molar-refractivity contribution in [1.82, 2.24) is 19.8 Å². The van der Waals surface area contributed by atoms with Crippen LogP contribution in [-0.2, 0) is 4.79 Å². The van der Waals surface area contributed by atoms with E-state index in [0.717, 1.165) is 5.75 Å². The van der Waals surface area contributed by atoms with E-state index >= 15 is 0 Å². The maximum Gasteiger partial charge on any atom is 0.246 e. The molecule has 4 rings (SSSR count). The van der Waals surface area contributed by atoms with E-state index in [9.17, 15) is 4.79 Å². The molecule has 0 unspecified atom stereocenters. The van der Waals surface area contributed by atoms with Crippen LogP contribution in [0.5, 0.6) is 23.1 Å². The Morgan fingerprint density at radius 1 is 1.08 bits per heavy atom. The first kappa shape index (κ1) is 25.6. The number of hydrogen-bond donors (Lipinski definition) is 2. The second kappa shape index (κ2) is 12.0. The van der Waals surface area contributed by atoms with Crippen molar-refractivity contribution in [3.63, 3.8) is 0 Å². The molecule has 1 aliphatic heterocycles. The van der Waals surface area contributed by atoms with E-state index in [0.29, 0.717) is 43.1 Å². The second-order valence-electron chi connectivity index (χ2n) is 8.83. The number of nitrogens with zero attached hydrogens (tertiary/aromatic N) is 5. The summed E-state index contributed by atoms with van der Waals surface area (Å²) in [6.07, 6.45) is 5.45. The zero-order valence-electron chi connectivity index (χ0n) is 20.9. The summed E-state index contributed by atoms with van der Waals surface area (Å²) in [6.45, 7) is 1.78.